The number of hydrogen-bond acceptors (Lipinski definition) is 4. The van der Waals surface area contributed by atoms with E-state index in [1.165, 1.54) is 5.39 Å². The molecular weight excluding hydrogens is 584 g/mol. The number of carbonyl (C=O) groups excluding carboxylic acids is 2. The highest BCUT2D eigenvalue weighted by Crippen LogP contribution is 2.65. The number of hydrogen-bond donors (Lipinski definition) is 0. The fourth-order valence-corrected chi connectivity index (χ4v) is 7.99. The Labute approximate surface area is 225 Å². The van der Waals surface area contributed by atoms with Gasteiger partial charge in [-0.15, -0.1) is 0 Å². The molecule has 3 aromatic rings. The van der Waals surface area contributed by atoms with Crippen LogP contribution in [0.1, 0.15) is 17.5 Å². The number of allylic oxidation sites excluding steroid dienone is 2. The highest BCUT2D eigenvalue weighted by Gasteiger charge is 2.67. The van der Waals surface area contributed by atoms with Crippen LogP contribution in [0.2, 0.25) is 0 Å². The highest BCUT2D eigenvalue weighted by atomic mass is 79.9. The van der Waals surface area contributed by atoms with E-state index in [1.807, 2.05) is 30.3 Å². The molecule has 1 heterocycles. The molecule has 5 aliphatic rings. The Morgan fingerprint density at radius 1 is 0.917 bits per heavy atom. The summed E-state index contributed by atoms with van der Waals surface area (Å²) in [7, 11) is 0. The number of rotatable bonds is 5. The molecule has 5 nitrogen and oxygen atoms in total. The van der Waals surface area contributed by atoms with Crippen molar-refractivity contribution in [2.24, 2.45) is 40.6 Å². The van der Waals surface area contributed by atoms with Gasteiger partial charge in [-0.2, -0.15) is 10.1 Å². The molecule has 180 valence electrons. The monoisotopic (exact) mass is 604 g/mol. The predicted molar refractivity (Wildman–Crippen MR) is 144 cm³/mol. The molecule has 7 heteroatoms. The van der Waals surface area contributed by atoms with E-state index in [1.54, 1.807) is 6.21 Å². The van der Waals surface area contributed by atoms with Crippen LogP contribution in [0.15, 0.2) is 80.8 Å². The lowest BCUT2D eigenvalue weighted by Gasteiger charge is -2.37. The maximum Gasteiger partial charge on any atom is 0.254 e. The molecule has 0 spiro atoms. The first-order valence-electron chi connectivity index (χ1n) is 12.2. The lowest BCUT2D eigenvalue weighted by molar-refractivity contribution is -0.140. The van der Waals surface area contributed by atoms with Crippen LogP contribution in [0.4, 0.5) is 0 Å². The van der Waals surface area contributed by atoms with Crippen molar-refractivity contribution < 1.29 is 14.3 Å². The largest absolute Gasteiger partial charge is 0.487 e. The first kappa shape index (κ1) is 22.4. The number of ether oxygens (including phenoxy) is 1. The van der Waals surface area contributed by atoms with Gasteiger partial charge in [0.25, 0.3) is 11.8 Å². The van der Waals surface area contributed by atoms with E-state index >= 15 is 0 Å². The number of benzene rings is 3. The second-order valence-corrected chi connectivity index (χ2v) is 11.8. The minimum absolute atomic E-state index is 0.154. The summed E-state index contributed by atoms with van der Waals surface area (Å²) in [4.78, 5) is 26.3. The molecule has 2 amide bonds. The third kappa shape index (κ3) is 3.43. The highest BCUT2D eigenvalue weighted by molar-refractivity contribution is 9.11. The molecule has 1 saturated heterocycles. The summed E-state index contributed by atoms with van der Waals surface area (Å²) in [5.41, 5.74) is 1.86. The topological polar surface area (TPSA) is 59.0 Å². The number of amides is 2. The number of imide groups is 1. The van der Waals surface area contributed by atoms with Crippen molar-refractivity contribution in [3.05, 3.63) is 86.8 Å². The fraction of sp³-hybridized carbons (Fsp3) is 0.276. The van der Waals surface area contributed by atoms with Crippen LogP contribution < -0.4 is 4.74 Å². The Hall–Kier alpha value is -2.77. The first-order valence-corrected chi connectivity index (χ1v) is 13.8. The Bertz CT molecular complexity index is 1430. The summed E-state index contributed by atoms with van der Waals surface area (Å²) in [5.74, 6) is 1.45. The Morgan fingerprint density at radius 2 is 1.56 bits per heavy atom. The molecule has 2 bridgehead atoms. The Morgan fingerprint density at radius 3 is 2.25 bits per heavy atom. The molecule has 3 aromatic carbocycles. The molecular formula is C29H22Br2N2O3. The van der Waals surface area contributed by atoms with Gasteiger partial charge in [0.05, 0.1) is 27.0 Å². The molecule has 1 aliphatic heterocycles. The molecule has 36 heavy (non-hydrogen) atoms. The van der Waals surface area contributed by atoms with Gasteiger partial charge in [0.15, 0.2) is 0 Å². The summed E-state index contributed by atoms with van der Waals surface area (Å²) < 4.78 is 7.69. The maximum absolute atomic E-state index is 13.1. The SMILES string of the molecule is O=C1[C@@H]2[C@H]3C=C[C@@H]([C@@H]4C[C@@H]34)[C@H]2C(=O)N1/N=C\c1cc(Br)c(OCc2cccc3ccccc23)c(Br)c1. The lowest BCUT2D eigenvalue weighted by Crippen LogP contribution is -2.40. The van der Waals surface area contributed by atoms with Crippen LogP contribution in [0.5, 0.6) is 5.75 Å². The van der Waals surface area contributed by atoms with Gasteiger partial charge in [-0.05, 0) is 96.0 Å². The van der Waals surface area contributed by atoms with Crippen LogP contribution >= 0.6 is 31.9 Å². The van der Waals surface area contributed by atoms with Crippen molar-refractivity contribution in [1.29, 1.82) is 0 Å². The smallest absolute Gasteiger partial charge is 0.254 e. The van der Waals surface area contributed by atoms with Gasteiger partial charge in [-0.3, -0.25) is 9.59 Å². The minimum Gasteiger partial charge on any atom is -0.487 e. The van der Waals surface area contributed by atoms with Crippen molar-refractivity contribution in [1.82, 2.24) is 5.01 Å². The maximum atomic E-state index is 13.1. The molecule has 2 saturated carbocycles. The van der Waals surface area contributed by atoms with Crippen molar-refractivity contribution >= 4 is 60.7 Å². The van der Waals surface area contributed by atoms with Crippen molar-refractivity contribution in [2.75, 3.05) is 0 Å². The van der Waals surface area contributed by atoms with Crippen molar-refractivity contribution in [3.8, 4) is 5.75 Å². The van der Waals surface area contributed by atoms with Gasteiger partial charge < -0.3 is 4.74 Å². The Balaban J connectivity index is 1.09. The summed E-state index contributed by atoms with van der Waals surface area (Å²) in [6, 6.07) is 18.2. The number of carbonyl (C=O) groups is 2. The number of hydrazone groups is 1. The van der Waals surface area contributed by atoms with E-state index in [0.717, 1.165) is 36.9 Å². The zero-order chi connectivity index (χ0) is 24.6. The summed E-state index contributed by atoms with van der Waals surface area (Å²) in [5, 5.41) is 7.81. The fourth-order valence-electron chi connectivity index (χ4n) is 6.54. The average Bonchev–Trinajstić information content (AvgIpc) is 3.66. The van der Waals surface area contributed by atoms with E-state index in [9.17, 15) is 9.59 Å². The standard InChI is InChI=1S/C29H22Br2N2O3/c30-23-10-15(11-24(31)27(23)36-14-17-6-3-5-16-4-1-2-7-18(16)17)13-32-33-28(34)25-19-8-9-20(22-12-21(19)22)26(25)29(33)35/h1-11,13,19-22,25-26H,12,14H2/b32-13-/t19-,20-,21-,22-,25+,26+/m0/s1. The van der Waals surface area contributed by atoms with E-state index in [-0.39, 0.29) is 35.5 Å². The van der Waals surface area contributed by atoms with Crippen LogP contribution in [0, 0.1) is 35.5 Å². The zero-order valence-corrected chi connectivity index (χ0v) is 22.4. The molecule has 6 atom stereocenters. The van der Waals surface area contributed by atoms with Crippen molar-refractivity contribution in [2.45, 2.75) is 13.0 Å². The number of nitrogens with zero attached hydrogens (tertiary/aromatic N) is 2. The number of halogens is 2. The molecule has 0 aromatic heterocycles. The lowest BCUT2D eigenvalue weighted by atomic mass is 9.63. The molecule has 0 unspecified atom stereocenters. The van der Waals surface area contributed by atoms with Gasteiger partial charge in [0, 0.05) is 0 Å². The van der Waals surface area contributed by atoms with E-state index in [4.69, 9.17) is 4.74 Å². The summed E-state index contributed by atoms with van der Waals surface area (Å²) in [6.45, 7) is 0.421. The molecule has 8 rings (SSSR count). The molecule has 0 N–H and O–H groups in total. The van der Waals surface area contributed by atoms with Gasteiger partial charge in [0.1, 0.15) is 12.4 Å². The minimum atomic E-state index is -0.239. The normalized spacial score (nSPS) is 29.8. The zero-order valence-electron chi connectivity index (χ0n) is 19.2. The van der Waals surface area contributed by atoms with Gasteiger partial charge in [0.2, 0.25) is 0 Å². The predicted octanol–water partition coefficient (Wildman–Crippen LogP) is 6.33. The van der Waals surface area contributed by atoms with Gasteiger partial charge in [-0.1, -0.05) is 54.6 Å². The molecule has 0 radical (unpaired) electrons. The quantitative estimate of drug-likeness (QED) is 0.194. The molecule has 4 aliphatic carbocycles. The Kier molecular flexibility index (Phi) is 5.22. The van der Waals surface area contributed by atoms with Crippen LogP contribution in [-0.4, -0.2) is 23.0 Å². The average molecular weight is 606 g/mol. The van der Waals surface area contributed by atoms with Crippen molar-refractivity contribution in [3.63, 3.8) is 0 Å². The number of fused-ring (bicyclic) bond motifs is 1. The summed E-state index contributed by atoms with van der Waals surface area (Å²) in [6.07, 6.45) is 7.07. The third-order valence-electron chi connectivity index (χ3n) is 8.23. The van der Waals surface area contributed by atoms with Gasteiger partial charge >= 0.3 is 0 Å². The molecule has 3 fully saturated rings. The van der Waals surface area contributed by atoms with Crippen LogP contribution in [0.3, 0.4) is 0 Å². The third-order valence-corrected chi connectivity index (χ3v) is 9.41. The summed E-state index contributed by atoms with van der Waals surface area (Å²) >= 11 is 7.22. The second-order valence-electron chi connectivity index (χ2n) is 10.1. The first-order chi connectivity index (χ1) is 17.5. The van der Waals surface area contributed by atoms with E-state index in [0.29, 0.717) is 24.2 Å². The van der Waals surface area contributed by atoms with Crippen LogP contribution in [-0.2, 0) is 16.2 Å². The van der Waals surface area contributed by atoms with E-state index < -0.39 is 0 Å². The van der Waals surface area contributed by atoms with Crippen LogP contribution in [0.25, 0.3) is 10.8 Å². The van der Waals surface area contributed by atoms with Gasteiger partial charge in [-0.25, -0.2) is 0 Å². The van der Waals surface area contributed by atoms with E-state index in [2.05, 4.69) is 73.4 Å². The second kappa shape index (κ2) is 8.38.